The van der Waals surface area contributed by atoms with Gasteiger partial charge in [-0.25, -0.2) is 0 Å². The van der Waals surface area contributed by atoms with E-state index < -0.39 is 0 Å². The van der Waals surface area contributed by atoms with Gasteiger partial charge in [-0.05, 0) is 48.4 Å². The number of hydrogen-bond donors (Lipinski definition) is 0. The maximum atomic E-state index is 13.4. The van der Waals surface area contributed by atoms with Crippen molar-refractivity contribution in [2.45, 2.75) is 20.3 Å². The predicted octanol–water partition coefficient (Wildman–Crippen LogP) is 4.01. The molecule has 0 aliphatic carbocycles. The number of benzene rings is 2. The Bertz CT molecular complexity index is 1320. The minimum atomic E-state index is -0.167. The SMILES string of the molecule is CCC(C)CN(CC(=O)N1CCN(c2ccc(-c3ccc(OC)cc3OC)nn2)CC1)C(=O)c1cccc(OC)c1. The number of hydrogen-bond acceptors (Lipinski definition) is 8. The monoisotopic (exact) mass is 561 g/mol. The van der Waals surface area contributed by atoms with Crippen LogP contribution in [0.2, 0.25) is 0 Å². The van der Waals surface area contributed by atoms with Gasteiger partial charge in [-0.3, -0.25) is 9.59 Å². The number of anilines is 1. The molecule has 1 fully saturated rings. The van der Waals surface area contributed by atoms with Crippen LogP contribution in [0.3, 0.4) is 0 Å². The Morgan fingerprint density at radius 3 is 2.27 bits per heavy atom. The van der Waals surface area contributed by atoms with E-state index in [1.54, 1.807) is 50.5 Å². The number of nitrogens with zero attached hydrogens (tertiary/aromatic N) is 5. The Morgan fingerprint density at radius 1 is 0.902 bits per heavy atom. The van der Waals surface area contributed by atoms with Crippen molar-refractivity contribution >= 4 is 17.6 Å². The van der Waals surface area contributed by atoms with Gasteiger partial charge in [-0.1, -0.05) is 26.3 Å². The molecule has 2 amide bonds. The predicted molar refractivity (Wildman–Crippen MR) is 158 cm³/mol. The van der Waals surface area contributed by atoms with Gasteiger partial charge in [0, 0.05) is 49.9 Å². The molecule has 0 bridgehead atoms. The number of ether oxygens (including phenoxy) is 3. The maximum absolute atomic E-state index is 13.4. The van der Waals surface area contributed by atoms with Crippen molar-refractivity contribution < 1.29 is 23.8 Å². The molecule has 0 spiro atoms. The Kier molecular flexibility index (Phi) is 10.00. The fraction of sp³-hybridized carbons (Fsp3) is 0.419. The molecule has 10 heteroatoms. The van der Waals surface area contributed by atoms with Gasteiger partial charge in [0.05, 0.1) is 27.0 Å². The summed E-state index contributed by atoms with van der Waals surface area (Å²) in [6, 6.07) is 16.5. The Hall–Kier alpha value is -4.34. The van der Waals surface area contributed by atoms with E-state index in [0.717, 1.165) is 17.8 Å². The second-order valence-corrected chi connectivity index (χ2v) is 10.1. The lowest BCUT2D eigenvalue weighted by molar-refractivity contribution is -0.132. The molecule has 1 aliphatic rings. The molecule has 1 aliphatic heterocycles. The van der Waals surface area contributed by atoms with E-state index in [-0.39, 0.29) is 24.3 Å². The summed E-state index contributed by atoms with van der Waals surface area (Å²) in [5.74, 6) is 2.77. The summed E-state index contributed by atoms with van der Waals surface area (Å²) in [4.78, 5) is 32.3. The van der Waals surface area contributed by atoms with Crippen LogP contribution < -0.4 is 19.1 Å². The van der Waals surface area contributed by atoms with Crippen LogP contribution in [-0.2, 0) is 4.79 Å². The second kappa shape index (κ2) is 13.8. The molecule has 10 nitrogen and oxygen atoms in total. The molecule has 3 aromatic rings. The molecule has 2 heterocycles. The van der Waals surface area contributed by atoms with Crippen LogP contribution in [0, 0.1) is 5.92 Å². The highest BCUT2D eigenvalue weighted by Crippen LogP contribution is 2.32. The van der Waals surface area contributed by atoms with Crippen LogP contribution >= 0.6 is 0 Å². The highest BCUT2D eigenvalue weighted by atomic mass is 16.5. The average Bonchev–Trinajstić information content (AvgIpc) is 3.03. The van der Waals surface area contributed by atoms with Crippen molar-refractivity contribution in [3.8, 4) is 28.5 Å². The summed E-state index contributed by atoms with van der Waals surface area (Å²) in [5, 5.41) is 8.88. The lowest BCUT2D eigenvalue weighted by Gasteiger charge is -2.36. The first-order chi connectivity index (χ1) is 19.9. The maximum Gasteiger partial charge on any atom is 0.254 e. The summed E-state index contributed by atoms with van der Waals surface area (Å²) in [6.45, 7) is 7.06. The quantitative estimate of drug-likeness (QED) is 0.347. The summed E-state index contributed by atoms with van der Waals surface area (Å²) in [6.07, 6.45) is 0.916. The summed E-state index contributed by atoms with van der Waals surface area (Å²) in [5.41, 5.74) is 2.04. The number of piperazine rings is 1. The largest absolute Gasteiger partial charge is 0.497 e. The normalized spacial score (nSPS) is 13.9. The molecule has 1 saturated heterocycles. The van der Waals surface area contributed by atoms with Crippen molar-refractivity contribution in [1.29, 1.82) is 0 Å². The first kappa shape index (κ1) is 29.6. The second-order valence-electron chi connectivity index (χ2n) is 10.1. The molecule has 0 saturated carbocycles. The first-order valence-corrected chi connectivity index (χ1v) is 13.9. The van der Waals surface area contributed by atoms with Gasteiger partial charge in [-0.2, -0.15) is 0 Å². The standard InChI is InChI=1S/C31H39N5O5/c1-6-22(2)20-36(31(38)23-8-7-9-24(18-23)39-3)21-30(37)35-16-14-34(15-17-35)29-13-12-27(32-33-29)26-11-10-25(40-4)19-28(26)41-5/h7-13,18-19,22H,6,14-17,20-21H2,1-5H3. The third kappa shape index (κ3) is 7.25. The highest BCUT2D eigenvalue weighted by molar-refractivity contribution is 5.97. The van der Waals surface area contributed by atoms with Crippen LogP contribution in [0.4, 0.5) is 5.82 Å². The van der Waals surface area contributed by atoms with E-state index >= 15 is 0 Å². The lowest BCUT2D eigenvalue weighted by Crippen LogP contribution is -2.52. The minimum Gasteiger partial charge on any atom is -0.497 e. The van der Waals surface area contributed by atoms with Crippen molar-refractivity contribution in [3.05, 3.63) is 60.2 Å². The average molecular weight is 562 g/mol. The molecule has 1 aromatic heterocycles. The zero-order valence-corrected chi connectivity index (χ0v) is 24.5. The van der Waals surface area contributed by atoms with Crippen LogP contribution in [-0.4, -0.2) is 92.4 Å². The number of carbonyl (C=O) groups is 2. The molecule has 0 N–H and O–H groups in total. The smallest absolute Gasteiger partial charge is 0.254 e. The number of rotatable bonds is 11. The van der Waals surface area contributed by atoms with Gasteiger partial charge >= 0.3 is 0 Å². The molecule has 41 heavy (non-hydrogen) atoms. The van der Waals surface area contributed by atoms with Crippen molar-refractivity contribution in [2.24, 2.45) is 5.92 Å². The van der Waals surface area contributed by atoms with Gasteiger partial charge in [-0.15, -0.1) is 10.2 Å². The highest BCUT2D eigenvalue weighted by Gasteiger charge is 2.27. The molecule has 2 aromatic carbocycles. The zero-order chi connectivity index (χ0) is 29.4. The van der Waals surface area contributed by atoms with Gasteiger partial charge in [0.15, 0.2) is 5.82 Å². The van der Waals surface area contributed by atoms with E-state index in [2.05, 4.69) is 28.9 Å². The molecule has 0 radical (unpaired) electrons. The van der Waals surface area contributed by atoms with Gasteiger partial charge in [0.2, 0.25) is 5.91 Å². The van der Waals surface area contributed by atoms with Crippen LogP contribution in [0.25, 0.3) is 11.3 Å². The van der Waals surface area contributed by atoms with Crippen molar-refractivity contribution in [3.63, 3.8) is 0 Å². The molecular formula is C31H39N5O5. The third-order valence-electron chi connectivity index (χ3n) is 7.45. The minimum absolute atomic E-state index is 0.0403. The molecule has 1 atom stereocenters. The summed E-state index contributed by atoms with van der Waals surface area (Å²) in [7, 11) is 4.79. The number of methoxy groups -OCH3 is 3. The number of carbonyl (C=O) groups excluding carboxylic acids is 2. The van der Waals surface area contributed by atoms with Gasteiger partial charge < -0.3 is 28.9 Å². The topological polar surface area (TPSA) is 97.3 Å². The van der Waals surface area contributed by atoms with E-state index in [1.165, 1.54) is 0 Å². The van der Waals surface area contributed by atoms with Crippen molar-refractivity contribution in [1.82, 2.24) is 20.0 Å². The summed E-state index contributed by atoms with van der Waals surface area (Å²) >= 11 is 0. The van der Waals surface area contributed by atoms with Crippen LogP contribution in [0.1, 0.15) is 30.6 Å². The van der Waals surface area contributed by atoms with E-state index in [0.29, 0.717) is 61.2 Å². The van der Waals surface area contributed by atoms with E-state index in [4.69, 9.17) is 14.2 Å². The van der Waals surface area contributed by atoms with Crippen LogP contribution in [0.15, 0.2) is 54.6 Å². The summed E-state index contributed by atoms with van der Waals surface area (Å²) < 4.78 is 16.1. The fourth-order valence-electron chi connectivity index (χ4n) is 4.76. The molecule has 1 unspecified atom stereocenters. The van der Waals surface area contributed by atoms with Gasteiger partial charge in [0.1, 0.15) is 23.8 Å². The zero-order valence-electron chi connectivity index (χ0n) is 24.5. The first-order valence-electron chi connectivity index (χ1n) is 13.9. The Morgan fingerprint density at radius 2 is 1.63 bits per heavy atom. The fourth-order valence-corrected chi connectivity index (χ4v) is 4.76. The van der Waals surface area contributed by atoms with Crippen molar-refractivity contribution in [2.75, 3.05) is 65.5 Å². The van der Waals surface area contributed by atoms with Crippen LogP contribution in [0.5, 0.6) is 17.2 Å². The number of aromatic nitrogens is 2. The van der Waals surface area contributed by atoms with Gasteiger partial charge in [0.25, 0.3) is 5.91 Å². The number of amides is 2. The molecule has 218 valence electrons. The van der Waals surface area contributed by atoms with E-state index in [9.17, 15) is 9.59 Å². The Balaban J connectivity index is 1.38. The Labute approximate surface area is 241 Å². The third-order valence-corrected chi connectivity index (χ3v) is 7.45. The molecule has 4 rings (SSSR count). The molecular weight excluding hydrogens is 522 g/mol. The lowest BCUT2D eigenvalue weighted by atomic mass is 10.1. The van der Waals surface area contributed by atoms with E-state index in [1.807, 2.05) is 35.2 Å².